The number of nitrogens with two attached hydrogens (primary N) is 1. The number of amides is 1. The second-order valence-corrected chi connectivity index (χ2v) is 19.6. The largest absolute Gasteiger partial charge is 0.497 e. The maximum atomic E-state index is 13.7. The van der Waals surface area contributed by atoms with Crippen molar-refractivity contribution in [1.82, 2.24) is 5.32 Å². The van der Waals surface area contributed by atoms with E-state index in [4.69, 9.17) is 24.7 Å². The summed E-state index contributed by atoms with van der Waals surface area (Å²) in [6, 6.07) is 6.07. The minimum atomic E-state index is -0.885. The summed E-state index contributed by atoms with van der Waals surface area (Å²) in [6.45, 7) is 18.3. The van der Waals surface area contributed by atoms with Crippen LogP contribution in [0.25, 0.3) is 0 Å². The molecule has 3 saturated carbocycles. The average molecular weight is 793 g/mol. The van der Waals surface area contributed by atoms with Gasteiger partial charge in [-0.15, -0.1) is 0 Å². The maximum Gasteiger partial charge on any atom is 0.323 e. The van der Waals surface area contributed by atoms with E-state index in [0.717, 1.165) is 25.7 Å². The average Bonchev–Trinajstić information content (AvgIpc) is 3.15. The zero-order chi connectivity index (χ0) is 41.7. The van der Waals surface area contributed by atoms with Crippen molar-refractivity contribution in [1.29, 1.82) is 0 Å². The molecule has 4 aliphatic carbocycles. The van der Waals surface area contributed by atoms with Crippen molar-refractivity contribution in [2.75, 3.05) is 26.9 Å². The SMILES string of the molecule is COc1cccc(C(=O)NCCCCC(N)C(=O)O[C@H]2[C@H](OC(C)=O)C[C@]34COC[C@]2(C)[C@@H]3CC[C@H]2C4=CC[C@@]3(C)[C@H](C(=O)O)[C@@](C)([C@H](C)C(C)C)CC[C@]23C)c1. The number of ether oxygens (including phenoxy) is 4. The number of rotatable bonds is 13. The Morgan fingerprint density at radius 1 is 1.00 bits per heavy atom. The molecule has 57 heavy (non-hydrogen) atoms. The molecule has 4 fully saturated rings. The molecule has 1 aliphatic heterocycles. The highest BCUT2D eigenvalue weighted by Gasteiger charge is 2.72. The number of benzene rings is 1. The minimum Gasteiger partial charge on any atom is -0.497 e. The molecule has 1 saturated heterocycles. The van der Waals surface area contributed by atoms with Gasteiger partial charge in [0.25, 0.3) is 5.91 Å². The highest BCUT2D eigenvalue weighted by atomic mass is 16.6. The molecule has 0 aromatic heterocycles. The number of aliphatic carboxylic acids is 1. The predicted molar refractivity (Wildman–Crippen MR) is 216 cm³/mol. The van der Waals surface area contributed by atoms with Crippen LogP contribution in [-0.4, -0.2) is 74.0 Å². The van der Waals surface area contributed by atoms with E-state index in [2.05, 4.69) is 59.9 Å². The molecule has 5 aliphatic rings. The molecule has 6 rings (SSSR count). The summed E-state index contributed by atoms with van der Waals surface area (Å²) in [5, 5.41) is 13.9. The molecule has 1 amide bonds. The lowest BCUT2D eigenvalue weighted by molar-refractivity contribution is -0.263. The van der Waals surface area contributed by atoms with Crippen molar-refractivity contribution in [3.8, 4) is 5.75 Å². The van der Waals surface area contributed by atoms with Crippen LogP contribution in [0.5, 0.6) is 5.75 Å². The fraction of sp³-hybridized carbons (Fsp3) is 0.739. The van der Waals surface area contributed by atoms with Crippen molar-refractivity contribution < 1.29 is 43.2 Å². The van der Waals surface area contributed by atoms with Crippen LogP contribution in [-0.2, 0) is 28.6 Å². The van der Waals surface area contributed by atoms with Gasteiger partial charge in [0.2, 0.25) is 0 Å². The first-order chi connectivity index (χ1) is 26.8. The molecule has 1 aromatic carbocycles. The van der Waals surface area contributed by atoms with Gasteiger partial charge in [0.15, 0.2) is 0 Å². The number of carbonyl (C=O) groups excluding carboxylic acids is 3. The fourth-order valence-electron chi connectivity index (χ4n) is 13.0. The maximum absolute atomic E-state index is 13.7. The van der Waals surface area contributed by atoms with Crippen LogP contribution in [0.4, 0.5) is 0 Å². The lowest BCUT2D eigenvalue weighted by Crippen LogP contribution is -2.70. The number of methoxy groups -OCH3 is 1. The van der Waals surface area contributed by atoms with E-state index < -0.39 is 58.3 Å². The van der Waals surface area contributed by atoms with Crippen LogP contribution in [0.2, 0.25) is 0 Å². The number of fused-ring (bicyclic) bond motifs is 3. The summed E-state index contributed by atoms with van der Waals surface area (Å²) in [5.41, 5.74) is 6.15. The van der Waals surface area contributed by atoms with E-state index in [9.17, 15) is 24.3 Å². The smallest absolute Gasteiger partial charge is 0.323 e. The highest BCUT2D eigenvalue weighted by Crippen LogP contribution is 2.75. The van der Waals surface area contributed by atoms with E-state index in [1.54, 1.807) is 31.4 Å². The molecule has 1 aromatic rings. The minimum absolute atomic E-state index is 0.105. The predicted octanol–water partition coefficient (Wildman–Crippen LogP) is 7.35. The summed E-state index contributed by atoms with van der Waals surface area (Å²) in [6.07, 6.45) is 7.25. The number of unbranched alkanes of at least 4 members (excludes halogenated alkanes) is 1. The molecule has 316 valence electrons. The van der Waals surface area contributed by atoms with E-state index in [0.29, 0.717) is 69.1 Å². The number of carbonyl (C=O) groups is 4. The molecule has 0 spiro atoms. The van der Waals surface area contributed by atoms with Crippen molar-refractivity contribution in [2.24, 2.45) is 62.4 Å². The fourth-order valence-corrected chi connectivity index (χ4v) is 13.0. The van der Waals surface area contributed by atoms with Gasteiger partial charge in [-0.25, -0.2) is 0 Å². The van der Waals surface area contributed by atoms with Crippen molar-refractivity contribution in [3.63, 3.8) is 0 Å². The number of hydrogen-bond donors (Lipinski definition) is 3. The van der Waals surface area contributed by atoms with Gasteiger partial charge in [-0.1, -0.05) is 66.2 Å². The van der Waals surface area contributed by atoms with Crippen LogP contribution >= 0.6 is 0 Å². The first kappa shape index (κ1) is 43.1. The monoisotopic (exact) mass is 792 g/mol. The van der Waals surface area contributed by atoms with Gasteiger partial charge < -0.3 is 35.1 Å². The molecule has 4 N–H and O–H groups in total. The first-order valence-corrected chi connectivity index (χ1v) is 21.4. The molecule has 12 atom stereocenters. The Bertz CT molecular complexity index is 1740. The standard InChI is InChI=1S/C46H68N2O9/c1-27(2)28(3)42(5)20-21-44(7)32-16-17-36-43(6)25-55-26-46(36,33(32)18-19-45(44,8)37(42)40(51)52)24-35(56-29(4)49)38(43)57-41(53)34(47)15-10-11-22-48-39(50)30-13-12-14-31(23-30)54-9/h12-14,18,23,27-28,32,34-38H,10-11,15-17,19-22,24-26,47H2,1-9H3,(H,48,50)(H,51,52)/t28-,32+,34?,35-,36+,37-,38+,42-,43-,44-,45+,46-/m1/s1. The molecular formula is C46H68N2O9. The molecule has 11 heteroatoms. The number of carboxylic acids is 1. The molecule has 1 heterocycles. The van der Waals surface area contributed by atoms with E-state index in [-0.39, 0.29) is 34.5 Å². The second kappa shape index (κ2) is 16.0. The third-order valence-corrected chi connectivity index (χ3v) is 16.5. The highest BCUT2D eigenvalue weighted by molar-refractivity contribution is 5.94. The van der Waals surface area contributed by atoms with E-state index in [1.165, 1.54) is 12.5 Å². The summed E-state index contributed by atoms with van der Waals surface area (Å²) < 4.78 is 24.2. The van der Waals surface area contributed by atoms with Crippen LogP contribution in [0.3, 0.4) is 0 Å². The Morgan fingerprint density at radius 3 is 2.40 bits per heavy atom. The van der Waals surface area contributed by atoms with E-state index in [1.807, 2.05) is 0 Å². The van der Waals surface area contributed by atoms with Crippen LogP contribution in [0, 0.1) is 56.7 Å². The van der Waals surface area contributed by atoms with Gasteiger partial charge in [-0.2, -0.15) is 0 Å². The first-order valence-electron chi connectivity index (χ1n) is 21.4. The summed E-state index contributed by atoms with van der Waals surface area (Å²) >= 11 is 0. The second-order valence-electron chi connectivity index (χ2n) is 19.6. The summed E-state index contributed by atoms with van der Waals surface area (Å²) in [4.78, 5) is 52.5. The number of esters is 2. The van der Waals surface area contributed by atoms with Gasteiger partial charge in [0, 0.05) is 29.9 Å². The Labute approximate surface area is 339 Å². The summed E-state index contributed by atoms with van der Waals surface area (Å²) in [5.74, 6) is -0.864. The Hall–Kier alpha value is -3.44. The van der Waals surface area contributed by atoms with E-state index >= 15 is 0 Å². The Balaban J connectivity index is 1.19. The van der Waals surface area contributed by atoms with Gasteiger partial charge in [0.1, 0.15) is 24.0 Å². The molecular weight excluding hydrogens is 725 g/mol. The van der Waals surface area contributed by atoms with Crippen LogP contribution in [0.1, 0.15) is 124 Å². The normalized spacial score (nSPS) is 37.9. The van der Waals surface area contributed by atoms with Gasteiger partial charge in [0.05, 0.1) is 26.2 Å². The summed E-state index contributed by atoms with van der Waals surface area (Å²) in [7, 11) is 1.56. The quantitative estimate of drug-likeness (QED) is 0.105. The lowest BCUT2D eigenvalue weighted by atomic mass is 9.34. The van der Waals surface area contributed by atoms with Crippen molar-refractivity contribution in [2.45, 2.75) is 131 Å². The third kappa shape index (κ3) is 7.20. The third-order valence-electron chi connectivity index (χ3n) is 16.5. The van der Waals surface area contributed by atoms with Crippen LogP contribution < -0.4 is 15.8 Å². The number of nitrogens with one attached hydrogen (secondary N) is 1. The molecule has 2 bridgehead atoms. The number of carboxylic acid groups (broad SMARTS) is 1. The van der Waals surface area contributed by atoms with Gasteiger partial charge >= 0.3 is 17.9 Å². The zero-order valence-electron chi connectivity index (χ0n) is 35.8. The Kier molecular flexibility index (Phi) is 12.1. The topological polar surface area (TPSA) is 163 Å². The van der Waals surface area contributed by atoms with Crippen molar-refractivity contribution in [3.05, 3.63) is 41.5 Å². The lowest BCUT2D eigenvalue weighted by Gasteiger charge is -2.71. The number of allylic oxidation sites excluding steroid dienone is 1. The van der Waals surface area contributed by atoms with Crippen molar-refractivity contribution >= 4 is 23.8 Å². The van der Waals surface area contributed by atoms with Crippen LogP contribution in [0.15, 0.2) is 35.9 Å². The molecule has 0 radical (unpaired) electrons. The Morgan fingerprint density at radius 2 is 1.74 bits per heavy atom. The van der Waals surface area contributed by atoms with Gasteiger partial charge in [-0.3, -0.25) is 19.2 Å². The molecule has 1 unspecified atom stereocenters. The number of hydrogen-bond acceptors (Lipinski definition) is 9. The zero-order valence-corrected chi connectivity index (χ0v) is 35.8. The van der Waals surface area contributed by atoms with Gasteiger partial charge in [-0.05, 0) is 116 Å². The molecule has 11 nitrogen and oxygen atoms in total.